The molecule has 1 saturated carbocycles. The lowest BCUT2D eigenvalue weighted by molar-refractivity contribution is -0.147. The molecule has 0 aromatic heterocycles. The molecule has 0 bridgehead atoms. The predicted molar refractivity (Wildman–Crippen MR) is 97.6 cm³/mol. The van der Waals surface area contributed by atoms with E-state index in [0.29, 0.717) is 13.1 Å². The second kappa shape index (κ2) is 7.13. The molecule has 7 heteroatoms. The highest BCUT2D eigenvalue weighted by molar-refractivity contribution is 6.39. The Morgan fingerprint density at radius 2 is 1.93 bits per heavy atom. The van der Waals surface area contributed by atoms with Gasteiger partial charge in [0.15, 0.2) is 0 Å². The van der Waals surface area contributed by atoms with Gasteiger partial charge in [-0.3, -0.25) is 9.59 Å². The molecule has 0 spiro atoms. The summed E-state index contributed by atoms with van der Waals surface area (Å²) in [5, 5.41) is 15.3. The van der Waals surface area contributed by atoms with E-state index in [1.165, 1.54) is 9.91 Å². The number of carbonyl (C=O) groups is 3. The van der Waals surface area contributed by atoms with Crippen molar-refractivity contribution < 1.29 is 19.5 Å². The molecule has 0 radical (unpaired) electrons. The average Bonchev–Trinajstić information content (AvgIpc) is 3.24. The van der Waals surface area contributed by atoms with Crippen LogP contribution in [0.5, 0.6) is 0 Å². The van der Waals surface area contributed by atoms with Crippen molar-refractivity contribution in [2.75, 3.05) is 6.54 Å². The van der Waals surface area contributed by atoms with Gasteiger partial charge in [-0.1, -0.05) is 36.8 Å². The number of hydrogen-bond donors (Lipinski definition) is 1. The molecule has 2 fully saturated rings. The Kier molecular flexibility index (Phi) is 4.68. The molecule has 3 unspecified atom stereocenters. The second-order valence-corrected chi connectivity index (χ2v) is 7.58. The summed E-state index contributed by atoms with van der Waals surface area (Å²) < 4.78 is 0. The lowest BCUT2D eigenvalue weighted by Gasteiger charge is -2.28. The van der Waals surface area contributed by atoms with Crippen molar-refractivity contribution in [1.82, 2.24) is 9.91 Å². The van der Waals surface area contributed by atoms with Crippen LogP contribution in [0.25, 0.3) is 0 Å². The maximum Gasteiger partial charge on any atom is 0.326 e. The zero-order valence-electron chi connectivity index (χ0n) is 15.1. The van der Waals surface area contributed by atoms with Crippen molar-refractivity contribution in [1.29, 1.82) is 0 Å². The molecule has 142 valence electrons. The zero-order chi connectivity index (χ0) is 19.0. The Morgan fingerprint density at radius 3 is 2.67 bits per heavy atom. The molecule has 1 aromatic carbocycles. The molecule has 2 heterocycles. The van der Waals surface area contributed by atoms with Crippen molar-refractivity contribution >= 4 is 23.5 Å². The quantitative estimate of drug-likeness (QED) is 0.877. The fraction of sp³-hybridized carbons (Fsp3) is 0.500. The number of amides is 2. The van der Waals surface area contributed by atoms with Crippen LogP contribution in [0.2, 0.25) is 0 Å². The number of hydrazone groups is 1. The van der Waals surface area contributed by atoms with E-state index in [1.807, 2.05) is 30.3 Å². The summed E-state index contributed by atoms with van der Waals surface area (Å²) in [4.78, 5) is 38.5. The SMILES string of the molecule is O=C(O)C1C2CCCC2CN1C(=O)C1=NN(Cc2ccccc2)C(=O)CC1. The van der Waals surface area contributed by atoms with Crippen LogP contribution in [0.1, 0.15) is 37.7 Å². The third-order valence-electron chi connectivity index (χ3n) is 5.93. The molecule has 27 heavy (non-hydrogen) atoms. The van der Waals surface area contributed by atoms with Crippen molar-refractivity contribution in [3.8, 4) is 0 Å². The molecular formula is C20H23N3O4. The van der Waals surface area contributed by atoms with Crippen LogP contribution in [0.15, 0.2) is 35.4 Å². The van der Waals surface area contributed by atoms with E-state index in [1.54, 1.807) is 0 Å². The second-order valence-electron chi connectivity index (χ2n) is 7.58. The van der Waals surface area contributed by atoms with Crippen LogP contribution < -0.4 is 0 Å². The summed E-state index contributed by atoms with van der Waals surface area (Å²) in [7, 11) is 0. The topological polar surface area (TPSA) is 90.3 Å². The van der Waals surface area contributed by atoms with Crippen LogP contribution >= 0.6 is 0 Å². The first-order valence-corrected chi connectivity index (χ1v) is 9.50. The number of carboxylic acids is 1. The summed E-state index contributed by atoms with van der Waals surface area (Å²) in [5.74, 6) is -1.09. The first-order chi connectivity index (χ1) is 13.0. The summed E-state index contributed by atoms with van der Waals surface area (Å²) in [6.07, 6.45) is 3.35. The van der Waals surface area contributed by atoms with Gasteiger partial charge in [-0.05, 0) is 30.2 Å². The standard InChI is InChI=1S/C20H23N3O4/c24-17-10-9-16(21-23(17)11-13-5-2-1-3-6-13)19(25)22-12-14-7-4-8-15(14)18(22)20(26)27/h1-3,5-6,14-15,18H,4,7-12H2,(H,26,27). The molecule has 1 N–H and O–H groups in total. The van der Waals surface area contributed by atoms with E-state index in [-0.39, 0.29) is 42.2 Å². The summed E-state index contributed by atoms with van der Waals surface area (Å²) in [6.45, 7) is 0.788. The maximum atomic E-state index is 13.0. The molecule has 1 aliphatic carbocycles. The molecule has 2 aliphatic heterocycles. The van der Waals surface area contributed by atoms with Gasteiger partial charge >= 0.3 is 5.97 Å². The first-order valence-electron chi connectivity index (χ1n) is 9.50. The van der Waals surface area contributed by atoms with Crippen molar-refractivity contribution in [3.63, 3.8) is 0 Å². The number of hydrogen-bond acceptors (Lipinski definition) is 4. The summed E-state index contributed by atoms with van der Waals surface area (Å²) in [5.41, 5.74) is 1.22. The number of nitrogens with zero attached hydrogens (tertiary/aromatic N) is 3. The van der Waals surface area contributed by atoms with Gasteiger partial charge in [0.05, 0.1) is 6.54 Å². The monoisotopic (exact) mass is 369 g/mol. The number of benzene rings is 1. The van der Waals surface area contributed by atoms with E-state index < -0.39 is 12.0 Å². The Balaban J connectivity index is 1.54. The lowest BCUT2D eigenvalue weighted by Crippen LogP contribution is -2.47. The van der Waals surface area contributed by atoms with Crippen molar-refractivity contribution in [2.45, 2.75) is 44.7 Å². The van der Waals surface area contributed by atoms with Crippen LogP contribution in [0.3, 0.4) is 0 Å². The Hall–Kier alpha value is -2.70. The highest BCUT2D eigenvalue weighted by Gasteiger charge is 2.50. The van der Waals surface area contributed by atoms with Gasteiger partial charge in [-0.15, -0.1) is 0 Å². The first kappa shape index (κ1) is 17.7. The fourth-order valence-electron chi connectivity index (χ4n) is 4.63. The number of likely N-dealkylation sites (tertiary alicyclic amines) is 1. The highest BCUT2D eigenvalue weighted by Crippen LogP contribution is 2.42. The van der Waals surface area contributed by atoms with Crippen molar-refractivity contribution in [2.24, 2.45) is 16.9 Å². The van der Waals surface area contributed by atoms with Gasteiger partial charge in [0, 0.05) is 19.4 Å². The zero-order valence-corrected chi connectivity index (χ0v) is 15.1. The molecule has 7 nitrogen and oxygen atoms in total. The van der Waals surface area contributed by atoms with Crippen LogP contribution in [0.4, 0.5) is 0 Å². The fourth-order valence-corrected chi connectivity index (χ4v) is 4.63. The number of carbonyl (C=O) groups excluding carboxylic acids is 2. The number of aliphatic carboxylic acids is 1. The number of rotatable bonds is 4. The number of fused-ring (bicyclic) bond motifs is 1. The van der Waals surface area contributed by atoms with Crippen LogP contribution in [-0.4, -0.2) is 51.1 Å². The van der Waals surface area contributed by atoms with Gasteiger partial charge in [0.1, 0.15) is 11.8 Å². The molecular weight excluding hydrogens is 346 g/mol. The normalized spacial score (nSPS) is 27.5. The minimum Gasteiger partial charge on any atom is -0.480 e. The van der Waals surface area contributed by atoms with E-state index in [2.05, 4.69) is 5.10 Å². The Labute approximate surface area is 157 Å². The smallest absolute Gasteiger partial charge is 0.326 e. The molecule has 1 saturated heterocycles. The van der Waals surface area contributed by atoms with Crippen molar-refractivity contribution in [3.05, 3.63) is 35.9 Å². The average molecular weight is 369 g/mol. The van der Waals surface area contributed by atoms with Gasteiger partial charge < -0.3 is 10.0 Å². The minimum absolute atomic E-state index is 0.0395. The van der Waals surface area contributed by atoms with E-state index in [0.717, 1.165) is 24.8 Å². The maximum absolute atomic E-state index is 13.0. The third kappa shape index (κ3) is 3.34. The summed E-state index contributed by atoms with van der Waals surface area (Å²) >= 11 is 0. The van der Waals surface area contributed by atoms with E-state index in [4.69, 9.17) is 0 Å². The lowest BCUT2D eigenvalue weighted by atomic mass is 9.94. The van der Waals surface area contributed by atoms with Gasteiger partial charge in [-0.25, -0.2) is 9.80 Å². The van der Waals surface area contributed by atoms with E-state index in [9.17, 15) is 19.5 Å². The third-order valence-corrected chi connectivity index (χ3v) is 5.93. The Bertz CT molecular complexity index is 792. The largest absolute Gasteiger partial charge is 0.480 e. The minimum atomic E-state index is -0.939. The van der Waals surface area contributed by atoms with Gasteiger partial charge in [-0.2, -0.15) is 5.10 Å². The Morgan fingerprint density at radius 1 is 1.15 bits per heavy atom. The van der Waals surface area contributed by atoms with Gasteiger partial charge in [0.2, 0.25) is 5.91 Å². The van der Waals surface area contributed by atoms with E-state index >= 15 is 0 Å². The predicted octanol–water partition coefficient (Wildman–Crippen LogP) is 1.88. The molecule has 3 aliphatic rings. The molecule has 4 rings (SSSR count). The number of carboxylic acid groups (broad SMARTS) is 1. The molecule has 1 aromatic rings. The molecule has 2 amide bonds. The van der Waals surface area contributed by atoms with Crippen LogP contribution in [0, 0.1) is 11.8 Å². The van der Waals surface area contributed by atoms with Gasteiger partial charge in [0.25, 0.3) is 5.91 Å². The highest BCUT2D eigenvalue weighted by atomic mass is 16.4. The summed E-state index contributed by atoms with van der Waals surface area (Å²) in [6, 6.07) is 8.71. The van der Waals surface area contributed by atoms with Crippen LogP contribution in [-0.2, 0) is 20.9 Å². The molecule has 3 atom stereocenters.